The minimum absolute atomic E-state index is 0. The van der Waals surface area contributed by atoms with Gasteiger partial charge in [-0.15, -0.1) is 22.6 Å². The summed E-state index contributed by atoms with van der Waals surface area (Å²) in [5.74, 6) is -0.125. The topological polar surface area (TPSA) is 101 Å². The molecule has 2 N–H and O–H groups in total. The molecule has 24 heavy (non-hydrogen) atoms. The summed E-state index contributed by atoms with van der Waals surface area (Å²) in [6, 6.07) is 10.8. The zero-order chi connectivity index (χ0) is 16.1. The van der Waals surface area contributed by atoms with E-state index in [4.69, 9.17) is 0 Å². The normalized spacial score (nSPS) is 10.0. The number of aromatic amines is 1. The zero-order valence-electron chi connectivity index (χ0n) is 12.1. The standard InChI is InChI=1S/C14H11N5O2S2.ClH/c20-11-6-10(9-4-2-1-3-5-9)16-13(17-11)22-7-12(21)18-14-19-15-8-23-14;/h1-6,8H,7H2,(H,16,17,20)(H,18,19,21);1H. The largest absolute Gasteiger partial charge is 0.301 e. The second kappa shape index (κ2) is 8.57. The Kier molecular flexibility index (Phi) is 6.47. The van der Waals surface area contributed by atoms with Gasteiger partial charge in [0.25, 0.3) is 5.56 Å². The lowest BCUT2D eigenvalue weighted by Crippen LogP contribution is -2.15. The van der Waals surface area contributed by atoms with Gasteiger partial charge in [-0.25, -0.2) is 4.98 Å². The predicted molar refractivity (Wildman–Crippen MR) is 96.8 cm³/mol. The van der Waals surface area contributed by atoms with Crippen LogP contribution >= 0.6 is 35.5 Å². The Balaban J connectivity index is 0.00000208. The van der Waals surface area contributed by atoms with Crippen LogP contribution in [0.25, 0.3) is 11.3 Å². The maximum absolute atomic E-state index is 11.8. The lowest BCUT2D eigenvalue weighted by Gasteiger charge is -2.04. The van der Waals surface area contributed by atoms with E-state index in [0.29, 0.717) is 16.0 Å². The number of anilines is 1. The minimum atomic E-state index is -0.258. The van der Waals surface area contributed by atoms with Crippen molar-refractivity contribution in [3.8, 4) is 11.3 Å². The summed E-state index contributed by atoms with van der Waals surface area (Å²) in [7, 11) is 0. The van der Waals surface area contributed by atoms with E-state index in [-0.39, 0.29) is 29.6 Å². The van der Waals surface area contributed by atoms with Crippen LogP contribution in [-0.2, 0) is 4.79 Å². The Bertz CT molecular complexity index is 855. The molecule has 0 saturated carbocycles. The first-order valence-electron chi connectivity index (χ1n) is 6.56. The molecule has 2 aromatic heterocycles. The number of halogens is 1. The highest BCUT2D eigenvalue weighted by atomic mass is 35.5. The van der Waals surface area contributed by atoms with E-state index in [1.807, 2.05) is 30.3 Å². The predicted octanol–water partition coefficient (Wildman–Crippen LogP) is 2.44. The molecule has 0 radical (unpaired) electrons. The molecule has 2 heterocycles. The number of hydrogen-bond donors (Lipinski definition) is 2. The van der Waals surface area contributed by atoms with Gasteiger partial charge in [0, 0.05) is 11.6 Å². The van der Waals surface area contributed by atoms with Crippen molar-refractivity contribution in [3.63, 3.8) is 0 Å². The van der Waals surface area contributed by atoms with E-state index >= 15 is 0 Å². The fraction of sp³-hybridized carbons (Fsp3) is 0.0714. The molecular weight excluding hydrogens is 370 g/mol. The number of hydrogen-bond acceptors (Lipinski definition) is 7. The number of aromatic nitrogens is 4. The summed E-state index contributed by atoms with van der Waals surface area (Å²) in [6.45, 7) is 0. The third kappa shape index (κ3) is 4.88. The zero-order valence-corrected chi connectivity index (χ0v) is 14.6. The molecule has 0 unspecified atom stereocenters. The summed E-state index contributed by atoms with van der Waals surface area (Å²) in [5.41, 5.74) is 2.69. The smallest absolute Gasteiger partial charge is 0.252 e. The fourth-order valence-corrected chi connectivity index (χ4v) is 2.91. The highest BCUT2D eigenvalue weighted by molar-refractivity contribution is 7.99. The fourth-order valence-electron chi connectivity index (χ4n) is 1.78. The molecule has 0 aliphatic carbocycles. The SMILES string of the molecule is Cl.O=C(CSc1nc(-c2ccccc2)cc(=O)[nH]1)Nc1nncs1. The monoisotopic (exact) mass is 381 g/mol. The van der Waals surface area contributed by atoms with Crippen LogP contribution in [-0.4, -0.2) is 31.8 Å². The average Bonchev–Trinajstić information content (AvgIpc) is 3.06. The van der Waals surface area contributed by atoms with Crippen LogP contribution in [0.15, 0.2) is 51.9 Å². The van der Waals surface area contributed by atoms with Crippen molar-refractivity contribution in [2.75, 3.05) is 11.1 Å². The molecule has 7 nitrogen and oxygen atoms in total. The first-order chi connectivity index (χ1) is 11.2. The van der Waals surface area contributed by atoms with Crippen LogP contribution < -0.4 is 10.9 Å². The molecule has 3 aromatic rings. The van der Waals surface area contributed by atoms with Crippen molar-refractivity contribution in [1.29, 1.82) is 0 Å². The van der Waals surface area contributed by atoms with Crippen molar-refractivity contribution in [2.45, 2.75) is 5.16 Å². The highest BCUT2D eigenvalue weighted by Gasteiger charge is 2.09. The number of nitrogens with zero attached hydrogens (tertiary/aromatic N) is 3. The molecule has 0 saturated heterocycles. The molecular formula is C14H12ClN5O2S2. The number of amides is 1. The van der Waals surface area contributed by atoms with E-state index in [9.17, 15) is 9.59 Å². The molecule has 1 aromatic carbocycles. The van der Waals surface area contributed by atoms with Crippen molar-refractivity contribution in [3.05, 3.63) is 52.3 Å². The Morgan fingerprint density at radius 1 is 1.29 bits per heavy atom. The molecule has 0 aliphatic rings. The van der Waals surface area contributed by atoms with E-state index in [1.165, 1.54) is 22.9 Å². The Morgan fingerprint density at radius 3 is 2.79 bits per heavy atom. The quantitative estimate of drug-likeness (QED) is 0.520. The minimum Gasteiger partial charge on any atom is -0.301 e. The Labute approximate surface area is 151 Å². The molecule has 0 fully saturated rings. The van der Waals surface area contributed by atoms with Gasteiger partial charge in [0.15, 0.2) is 5.16 Å². The molecule has 0 spiro atoms. The van der Waals surface area contributed by atoms with Crippen molar-refractivity contribution < 1.29 is 4.79 Å². The van der Waals surface area contributed by atoms with E-state index in [1.54, 1.807) is 0 Å². The van der Waals surface area contributed by atoms with Crippen molar-refractivity contribution in [2.24, 2.45) is 0 Å². The van der Waals surface area contributed by atoms with Gasteiger partial charge in [0.05, 0.1) is 11.4 Å². The number of thioether (sulfide) groups is 1. The molecule has 124 valence electrons. The molecule has 0 aliphatic heterocycles. The van der Waals surface area contributed by atoms with Gasteiger partial charge in [-0.1, -0.05) is 53.4 Å². The number of nitrogens with one attached hydrogen (secondary N) is 2. The van der Waals surface area contributed by atoms with Gasteiger partial charge >= 0.3 is 0 Å². The molecule has 10 heteroatoms. The van der Waals surface area contributed by atoms with Crippen LogP contribution in [0.1, 0.15) is 0 Å². The summed E-state index contributed by atoms with van der Waals surface area (Å²) < 4.78 is 0. The first kappa shape index (κ1) is 18.1. The number of carbonyl (C=O) groups excluding carboxylic acids is 1. The summed E-state index contributed by atoms with van der Waals surface area (Å²) in [6.07, 6.45) is 0. The summed E-state index contributed by atoms with van der Waals surface area (Å²) in [5, 5.41) is 10.8. The Morgan fingerprint density at radius 2 is 2.08 bits per heavy atom. The maximum Gasteiger partial charge on any atom is 0.252 e. The summed E-state index contributed by atoms with van der Waals surface area (Å²) >= 11 is 2.39. The lowest BCUT2D eigenvalue weighted by atomic mass is 10.1. The van der Waals surface area contributed by atoms with Gasteiger partial charge in [0.1, 0.15) is 5.51 Å². The third-order valence-corrected chi connectivity index (χ3v) is 4.22. The van der Waals surface area contributed by atoms with Crippen molar-refractivity contribution >= 4 is 46.5 Å². The van der Waals surface area contributed by atoms with Gasteiger partial charge in [-0.05, 0) is 0 Å². The van der Waals surface area contributed by atoms with Crippen molar-refractivity contribution in [1.82, 2.24) is 20.2 Å². The van der Waals surface area contributed by atoms with Crippen LogP contribution in [0.2, 0.25) is 0 Å². The molecule has 1 amide bonds. The van der Waals surface area contributed by atoms with Crippen LogP contribution in [0, 0.1) is 0 Å². The second-order valence-electron chi connectivity index (χ2n) is 4.38. The van der Waals surface area contributed by atoms with Gasteiger partial charge in [0.2, 0.25) is 11.0 Å². The number of H-pyrrole nitrogens is 1. The number of benzene rings is 1. The maximum atomic E-state index is 11.8. The average molecular weight is 382 g/mol. The molecule has 0 bridgehead atoms. The van der Waals surface area contributed by atoms with E-state index < -0.39 is 0 Å². The molecule has 0 atom stereocenters. The first-order valence-corrected chi connectivity index (χ1v) is 8.43. The van der Waals surface area contributed by atoms with E-state index in [2.05, 4.69) is 25.5 Å². The lowest BCUT2D eigenvalue weighted by molar-refractivity contribution is -0.113. The molecule has 3 rings (SSSR count). The van der Waals surface area contributed by atoms with Gasteiger partial charge < -0.3 is 4.98 Å². The third-order valence-electron chi connectivity index (χ3n) is 2.74. The van der Waals surface area contributed by atoms with Crippen LogP contribution in [0.5, 0.6) is 0 Å². The van der Waals surface area contributed by atoms with E-state index in [0.717, 1.165) is 17.3 Å². The van der Waals surface area contributed by atoms with Crippen LogP contribution in [0.3, 0.4) is 0 Å². The van der Waals surface area contributed by atoms with Gasteiger partial charge in [-0.2, -0.15) is 0 Å². The van der Waals surface area contributed by atoms with Crippen LogP contribution in [0.4, 0.5) is 5.13 Å². The summed E-state index contributed by atoms with van der Waals surface area (Å²) in [4.78, 5) is 30.6. The second-order valence-corrected chi connectivity index (χ2v) is 6.18. The Hall–Kier alpha value is -2.23. The van der Waals surface area contributed by atoms with Gasteiger partial charge in [-0.3, -0.25) is 14.9 Å². The highest BCUT2D eigenvalue weighted by Crippen LogP contribution is 2.18. The number of rotatable bonds is 5. The number of carbonyl (C=O) groups is 1.